The summed E-state index contributed by atoms with van der Waals surface area (Å²) in [6, 6.07) is 8.44. The summed E-state index contributed by atoms with van der Waals surface area (Å²) in [5.74, 6) is 3.29. The van der Waals surface area contributed by atoms with E-state index in [1.165, 1.54) is 50.5 Å². The second kappa shape index (κ2) is 12.6. The summed E-state index contributed by atoms with van der Waals surface area (Å²) >= 11 is 0. The van der Waals surface area contributed by atoms with Gasteiger partial charge in [0.25, 0.3) is 0 Å². The van der Waals surface area contributed by atoms with Crippen LogP contribution in [0.1, 0.15) is 90.5 Å². The lowest BCUT2D eigenvalue weighted by molar-refractivity contribution is 0.135. The van der Waals surface area contributed by atoms with Crippen molar-refractivity contribution in [1.29, 1.82) is 0 Å². The molecule has 3 nitrogen and oxygen atoms in total. The Morgan fingerprint density at radius 3 is 2.34 bits per heavy atom. The second-order valence-electron chi connectivity index (χ2n) is 10.1. The van der Waals surface area contributed by atoms with E-state index in [2.05, 4.69) is 45.0 Å². The van der Waals surface area contributed by atoms with Gasteiger partial charge in [-0.2, -0.15) is 0 Å². The lowest BCUT2D eigenvalue weighted by Gasteiger charge is -2.35. The number of rotatable bonds is 15. The van der Waals surface area contributed by atoms with Gasteiger partial charge in [0.2, 0.25) is 0 Å². The quantitative estimate of drug-likeness (QED) is 0.347. The number of hydrogen-bond acceptors (Lipinski definition) is 3. The van der Waals surface area contributed by atoms with Crippen LogP contribution in [-0.4, -0.2) is 23.9 Å². The smallest absolute Gasteiger partial charge is 0.119 e. The third kappa shape index (κ3) is 9.53. The Morgan fingerprint density at radius 1 is 1.07 bits per heavy atom. The molecule has 2 unspecified atom stereocenters. The van der Waals surface area contributed by atoms with E-state index in [-0.39, 0.29) is 6.61 Å². The van der Waals surface area contributed by atoms with E-state index in [4.69, 9.17) is 10.5 Å². The molecule has 29 heavy (non-hydrogen) atoms. The zero-order valence-corrected chi connectivity index (χ0v) is 19.2. The standard InChI is InChI=1S/C26H45NO2/c1-21(2)7-4-8-22(3)9-6-18-29-25-14-12-23(13-15-25)16-17-26(27,20-28)19-24-10-5-11-24/h12-15,21-22,24,28H,4-11,16-20,27H2,1-3H3. The SMILES string of the molecule is CC(C)CCCC(C)CCCOc1ccc(CCC(N)(CO)CC2CCC2)cc1. The molecule has 0 heterocycles. The zero-order chi connectivity index (χ0) is 21.1. The van der Waals surface area contributed by atoms with Crippen molar-refractivity contribution in [3.05, 3.63) is 29.8 Å². The van der Waals surface area contributed by atoms with Crippen LogP contribution < -0.4 is 10.5 Å². The first-order chi connectivity index (χ1) is 13.9. The summed E-state index contributed by atoms with van der Waals surface area (Å²) in [5, 5.41) is 9.76. The van der Waals surface area contributed by atoms with E-state index in [1.807, 2.05) is 0 Å². The molecule has 0 aliphatic heterocycles. The van der Waals surface area contributed by atoms with Gasteiger partial charge in [-0.15, -0.1) is 0 Å². The Kier molecular flexibility index (Phi) is 10.5. The predicted octanol–water partition coefficient (Wildman–Crippen LogP) is 6.12. The van der Waals surface area contributed by atoms with Gasteiger partial charge in [-0.3, -0.25) is 0 Å². The van der Waals surface area contributed by atoms with E-state index < -0.39 is 5.54 Å². The van der Waals surface area contributed by atoms with Gasteiger partial charge in [-0.1, -0.05) is 71.4 Å². The number of aliphatic hydroxyl groups excluding tert-OH is 1. The van der Waals surface area contributed by atoms with Crippen LogP contribution >= 0.6 is 0 Å². The molecule has 1 aromatic carbocycles. The van der Waals surface area contributed by atoms with Crippen molar-refractivity contribution in [2.45, 2.75) is 96.9 Å². The van der Waals surface area contributed by atoms with Crippen LogP contribution in [0, 0.1) is 17.8 Å². The van der Waals surface area contributed by atoms with Crippen molar-refractivity contribution in [3.8, 4) is 5.75 Å². The Labute approximate surface area is 179 Å². The maximum Gasteiger partial charge on any atom is 0.119 e. The van der Waals surface area contributed by atoms with Gasteiger partial charge < -0.3 is 15.6 Å². The lowest BCUT2D eigenvalue weighted by atomic mass is 9.75. The molecule has 3 N–H and O–H groups in total. The Bertz CT molecular complexity index is 552. The molecule has 1 aromatic rings. The maximum absolute atomic E-state index is 9.76. The highest BCUT2D eigenvalue weighted by Crippen LogP contribution is 2.34. The minimum atomic E-state index is -0.424. The number of ether oxygens (including phenoxy) is 1. The van der Waals surface area contributed by atoms with E-state index in [0.717, 1.165) is 55.8 Å². The average molecular weight is 404 g/mol. The number of hydrogen-bond donors (Lipinski definition) is 2. The molecule has 1 aliphatic rings. The molecule has 1 fully saturated rings. The molecular weight excluding hydrogens is 358 g/mol. The van der Waals surface area contributed by atoms with Crippen LogP contribution in [0.25, 0.3) is 0 Å². The molecule has 1 aliphatic carbocycles. The van der Waals surface area contributed by atoms with Crippen molar-refractivity contribution in [2.24, 2.45) is 23.5 Å². The second-order valence-corrected chi connectivity index (χ2v) is 10.1. The van der Waals surface area contributed by atoms with Gasteiger partial charge in [0.15, 0.2) is 0 Å². The molecule has 0 bridgehead atoms. The maximum atomic E-state index is 9.76. The highest BCUT2D eigenvalue weighted by atomic mass is 16.5. The molecule has 0 spiro atoms. The summed E-state index contributed by atoms with van der Waals surface area (Å²) in [6.07, 6.45) is 13.0. The van der Waals surface area contributed by atoms with Crippen molar-refractivity contribution >= 4 is 0 Å². The Balaban J connectivity index is 1.62. The molecule has 2 rings (SSSR count). The van der Waals surface area contributed by atoms with Crippen LogP contribution in [0.4, 0.5) is 0 Å². The first-order valence-electron chi connectivity index (χ1n) is 12.0. The molecule has 3 heteroatoms. The monoisotopic (exact) mass is 403 g/mol. The van der Waals surface area contributed by atoms with E-state index in [9.17, 15) is 5.11 Å². The van der Waals surface area contributed by atoms with Gasteiger partial charge >= 0.3 is 0 Å². The Morgan fingerprint density at radius 2 is 1.76 bits per heavy atom. The molecule has 2 atom stereocenters. The highest BCUT2D eigenvalue weighted by Gasteiger charge is 2.30. The van der Waals surface area contributed by atoms with E-state index >= 15 is 0 Å². The molecule has 0 aromatic heterocycles. The first-order valence-corrected chi connectivity index (χ1v) is 12.0. The minimum absolute atomic E-state index is 0.0839. The zero-order valence-electron chi connectivity index (χ0n) is 19.2. The summed E-state index contributed by atoms with van der Waals surface area (Å²) in [6.45, 7) is 7.85. The average Bonchev–Trinajstić information content (AvgIpc) is 2.67. The molecular formula is C26H45NO2. The fourth-order valence-electron chi connectivity index (χ4n) is 4.30. The number of aliphatic hydroxyl groups is 1. The predicted molar refractivity (Wildman–Crippen MR) is 123 cm³/mol. The van der Waals surface area contributed by atoms with Crippen molar-refractivity contribution < 1.29 is 9.84 Å². The molecule has 0 amide bonds. The summed E-state index contributed by atoms with van der Waals surface area (Å²) < 4.78 is 5.93. The highest BCUT2D eigenvalue weighted by molar-refractivity contribution is 5.27. The van der Waals surface area contributed by atoms with Crippen molar-refractivity contribution in [3.63, 3.8) is 0 Å². The number of nitrogens with two attached hydrogens (primary N) is 1. The normalized spacial score (nSPS) is 17.7. The van der Waals surface area contributed by atoms with Crippen LogP contribution in [0.3, 0.4) is 0 Å². The lowest BCUT2D eigenvalue weighted by Crippen LogP contribution is -2.46. The third-order valence-electron chi connectivity index (χ3n) is 6.66. The molecule has 1 saturated carbocycles. The minimum Gasteiger partial charge on any atom is -0.494 e. The van der Waals surface area contributed by atoms with Crippen molar-refractivity contribution in [1.82, 2.24) is 0 Å². The fourth-order valence-corrected chi connectivity index (χ4v) is 4.30. The summed E-state index contributed by atoms with van der Waals surface area (Å²) in [4.78, 5) is 0. The first kappa shape index (κ1) is 24.2. The van der Waals surface area contributed by atoms with Crippen LogP contribution in [-0.2, 0) is 6.42 Å². The Hall–Kier alpha value is -1.06. The van der Waals surface area contributed by atoms with Crippen LogP contribution in [0.5, 0.6) is 5.75 Å². The number of aryl methyl sites for hydroxylation is 1. The van der Waals surface area contributed by atoms with Gasteiger partial charge in [0, 0.05) is 5.54 Å². The van der Waals surface area contributed by atoms with E-state index in [1.54, 1.807) is 0 Å². The molecule has 0 saturated heterocycles. The van der Waals surface area contributed by atoms with Gasteiger partial charge in [0.05, 0.1) is 13.2 Å². The van der Waals surface area contributed by atoms with Crippen molar-refractivity contribution in [2.75, 3.05) is 13.2 Å². The molecule has 166 valence electrons. The van der Waals surface area contributed by atoms with Crippen LogP contribution in [0.15, 0.2) is 24.3 Å². The van der Waals surface area contributed by atoms with Gasteiger partial charge in [-0.05, 0) is 67.6 Å². The molecule has 0 radical (unpaired) electrons. The number of benzene rings is 1. The topological polar surface area (TPSA) is 55.5 Å². The summed E-state index contributed by atoms with van der Waals surface area (Å²) in [5.41, 5.74) is 7.31. The fraction of sp³-hybridized carbons (Fsp3) is 0.769. The van der Waals surface area contributed by atoms with Crippen LogP contribution in [0.2, 0.25) is 0 Å². The largest absolute Gasteiger partial charge is 0.494 e. The third-order valence-corrected chi connectivity index (χ3v) is 6.66. The van der Waals surface area contributed by atoms with Gasteiger partial charge in [-0.25, -0.2) is 0 Å². The summed E-state index contributed by atoms with van der Waals surface area (Å²) in [7, 11) is 0. The van der Waals surface area contributed by atoms with E-state index in [0.29, 0.717) is 0 Å². The van der Waals surface area contributed by atoms with Gasteiger partial charge in [0.1, 0.15) is 5.75 Å².